The average molecular weight is 437 g/mol. The lowest BCUT2D eigenvalue weighted by atomic mass is 10.3. The third-order valence-corrected chi connectivity index (χ3v) is 5.60. The number of ether oxygens (including phenoxy) is 1. The summed E-state index contributed by atoms with van der Waals surface area (Å²) in [5, 5.41) is 0.350. The number of hydrogen-bond acceptors (Lipinski definition) is 4. The lowest BCUT2D eigenvalue weighted by molar-refractivity contribution is -0.138. The summed E-state index contributed by atoms with van der Waals surface area (Å²) in [6.45, 7) is -0.667. The van der Waals surface area contributed by atoms with E-state index in [4.69, 9.17) is 11.6 Å². The second-order valence-corrected chi connectivity index (χ2v) is 7.85. The SMILES string of the molecule is COC(=O)CN(c1ccc(Br)cc1F)S(=O)(=O)c1ccc(Cl)cc1. The maximum atomic E-state index is 14.3. The molecule has 0 radical (unpaired) electrons. The highest BCUT2D eigenvalue weighted by atomic mass is 79.9. The van der Waals surface area contributed by atoms with Crippen molar-refractivity contribution in [3.8, 4) is 0 Å². The minimum Gasteiger partial charge on any atom is -0.468 e. The van der Waals surface area contributed by atoms with Gasteiger partial charge in [0.1, 0.15) is 12.4 Å². The maximum Gasteiger partial charge on any atom is 0.326 e. The van der Waals surface area contributed by atoms with Gasteiger partial charge in [-0.3, -0.25) is 9.10 Å². The topological polar surface area (TPSA) is 63.7 Å². The van der Waals surface area contributed by atoms with Crippen molar-refractivity contribution in [1.82, 2.24) is 0 Å². The minimum absolute atomic E-state index is 0.127. The van der Waals surface area contributed by atoms with Gasteiger partial charge in [0.2, 0.25) is 0 Å². The van der Waals surface area contributed by atoms with E-state index in [2.05, 4.69) is 20.7 Å². The zero-order valence-electron chi connectivity index (χ0n) is 12.4. The van der Waals surface area contributed by atoms with Gasteiger partial charge in [-0.1, -0.05) is 27.5 Å². The first-order valence-corrected chi connectivity index (χ1v) is 9.17. The minimum atomic E-state index is -4.19. The van der Waals surface area contributed by atoms with Crippen molar-refractivity contribution in [1.29, 1.82) is 0 Å². The molecule has 0 N–H and O–H groups in total. The van der Waals surface area contributed by atoms with Crippen LogP contribution >= 0.6 is 27.5 Å². The van der Waals surface area contributed by atoms with Gasteiger partial charge in [0, 0.05) is 9.50 Å². The Labute approximate surface area is 152 Å². The highest BCUT2D eigenvalue weighted by Gasteiger charge is 2.29. The average Bonchev–Trinajstić information content (AvgIpc) is 2.53. The summed E-state index contributed by atoms with van der Waals surface area (Å²) in [6, 6.07) is 9.18. The predicted octanol–water partition coefficient (Wildman–Crippen LogP) is 3.61. The number of benzene rings is 2. The van der Waals surface area contributed by atoms with Crippen molar-refractivity contribution >= 4 is 49.2 Å². The van der Waals surface area contributed by atoms with Crippen molar-refractivity contribution in [2.24, 2.45) is 0 Å². The van der Waals surface area contributed by atoms with E-state index in [9.17, 15) is 17.6 Å². The van der Waals surface area contributed by atoms with E-state index in [1.165, 1.54) is 36.4 Å². The molecule has 0 amide bonds. The van der Waals surface area contributed by atoms with E-state index in [0.29, 0.717) is 13.8 Å². The van der Waals surface area contributed by atoms with Crippen LogP contribution in [0.5, 0.6) is 0 Å². The maximum absolute atomic E-state index is 14.3. The van der Waals surface area contributed by atoms with Crippen LogP contribution in [-0.2, 0) is 19.6 Å². The number of methoxy groups -OCH3 is 1. The number of anilines is 1. The predicted molar refractivity (Wildman–Crippen MR) is 92.1 cm³/mol. The Morgan fingerprint density at radius 1 is 1.25 bits per heavy atom. The molecule has 2 rings (SSSR count). The van der Waals surface area contributed by atoms with Crippen molar-refractivity contribution in [2.45, 2.75) is 4.90 Å². The number of carbonyl (C=O) groups excluding carboxylic acids is 1. The van der Waals surface area contributed by atoms with Crippen LogP contribution in [0, 0.1) is 5.82 Å². The van der Waals surface area contributed by atoms with Crippen LogP contribution in [-0.4, -0.2) is 28.0 Å². The Morgan fingerprint density at radius 2 is 1.88 bits per heavy atom. The van der Waals surface area contributed by atoms with Crippen molar-refractivity contribution in [2.75, 3.05) is 18.0 Å². The zero-order chi connectivity index (χ0) is 17.9. The number of carbonyl (C=O) groups is 1. The lowest BCUT2D eigenvalue weighted by Crippen LogP contribution is -2.36. The van der Waals surface area contributed by atoms with Crippen LogP contribution in [0.4, 0.5) is 10.1 Å². The molecule has 0 atom stereocenters. The fourth-order valence-electron chi connectivity index (χ4n) is 1.90. The molecule has 0 aliphatic rings. The molecular formula is C15H12BrClFNO4S. The smallest absolute Gasteiger partial charge is 0.326 e. The van der Waals surface area contributed by atoms with Crippen LogP contribution in [0.2, 0.25) is 5.02 Å². The summed E-state index contributed by atoms with van der Waals surface area (Å²) in [7, 11) is -3.07. The van der Waals surface area contributed by atoms with Crippen molar-refractivity contribution in [3.63, 3.8) is 0 Å². The molecule has 0 aromatic heterocycles. The summed E-state index contributed by atoms with van der Waals surface area (Å²) in [4.78, 5) is 11.5. The number of nitrogens with zero attached hydrogens (tertiary/aromatic N) is 1. The first kappa shape index (κ1) is 18.7. The Balaban J connectivity index is 2.57. The molecule has 0 unspecified atom stereocenters. The number of esters is 1. The van der Waals surface area contributed by atoms with E-state index in [1.54, 1.807) is 0 Å². The Hall–Kier alpha value is -1.64. The van der Waals surface area contributed by atoms with Gasteiger partial charge in [-0.25, -0.2) is 12.8 Å². The Kier molecular flexibility index (Phi) is 5.84. The zero-order valence-corrected chi connectivity index (χ0v) is 15.5. The third-order valence-electron chi connectivity index (χ3n) is 3.08. The van der Waals surface area contributed by atoms with Crippen molar-refractivity contribution in [3.05, 3.63) is 57.8 Å². The van der Waals surface area contributed by atoms with Gasteiger partial charge in [0.05, 0.1) is 17.7 Å². The molecule has 0 saturated heterocycles. The van der Waals surface area contributed by atoms with Gasteiger partial charge in [-0.2, -0.15) is 0 Å². The molecule has 2 aromatic rings. The van der Waals surface area contributed by atoms with E-state index in [1.807, 2.05) is 0 Å². The first-order valence-electron chi connectivity index (χ1n) is 6.56. The standard InChI is InChI=1S/C15H12BrClFNO4S/c1-23-15(20)9-19(14-7-2-10(16)8-13(14)18)24(21,22)12-5-3-11(17)4-6-12/h2-8H,9H2,1H3. The number of hydrogen-bond donors (Lipinski definition) is 0. The fraction of sp³-hybridized carbons (Fsp3) is 0.133. The molecule has 0 aliphatic carbocycles. The number of rotatable bonds is 5. The van der Waals surface area contributed by atoms with Gasteiger partial charge in [0.25, 0.3) is 10.0 Å². The summed E-state index contributed by atoms with van der Waals surface area (Å²) in [5.41, 5.74) is -0.265. The van der Waals surface area contributed by atoms with Crippen LogP contribution < -0.4 is 4.31 Å². The van der Waals surface area contributed by atoms with Gasteiger partial charge >= 0.3 is 5.97 Å². The second-order valence-electron chi connectivity index (χ2n) is 4.64. The molecule has 0 saturated carbocycles. The molecule has 0 heterocycles. The van der Waals surface area contributed by atoms with Crippen LogP contribution in [0.3, 0.4) is 0 Å². The monoisotopic (exact) mass is 435 g/mol. The van der Waals surface area contributed by atoms with E-state index < -0.39 is 28.4 Å². The molecule has 2 aromatic carbocycles. The summed E-state index contributed by atoms with van der Waals surface area (Å²) in [6.07, 6.45) is 0. The molecule has 128 valence electrons. The molecule has 0 bridgehead atoms. The van der Waals surface area contributed by atoms with Crippen molar-refractivity contribution < 1.29 is 22.3 Å². The van der Waals surface area contributed by atoms with Gasteiger partial charge < -0.3 is 4.74 Å². The molecule has 0 aliphatic heterocycles. The summed E-state index contributed by atoms with van der Waals surface area (Å²) < 4.78 is 45.5. The van der Waals surface area contributed by atoms with Crippen LogP contribution in [0.25, 0.3) is 0 Å². The molecule has 24 heavy (non-hydrogen) atoms. The van der Waals surface area contributed by atoms with Gasteiger partial charge in [-0.15, -0.1) is 0 Å². The first-order chi connectivity index (χ1) is 11.3. The summed E-state index contributed by atoms with van der Waals surface area (Å²) >= 11 is 8.86. The third kappa shape index (κ3) is 4.06. The van der Waals surface area contributed by atoms with Crippen LogP contribution in [0.1, 0.15) is 0 Å². The lowest BCUT2D eigenvalue weighted by Gasteiger charge is -2.24. The second kappa shape index (κ2) is 7.50. The molecule has 5 nitrogen and oxygen atoms in total. The molecule has 0 spiro atoms. The Morgan fingerprint density at radius 3 is 2.42 bits per heavy atom. The molecule has 9 heteroatoms. The summed E-state index contributed by atoms with van der Waals surface area (Å²) in [5.74, 6) is -1.62. The largest absolute Gasteiger partial charge is 0.468 e. The normalized spacial score (nSPS) is 11.2. The molecule has 0 fully saturated rings. The fourth-order valence-corrected chi connectivity index (χ4v) is 3.77. The highest BCUT2D eigenvalue weighted by molar-refractivity contribution is 9.10. The van der Waals surface area contributed by atoms with Gasteiger partial charge in [0.15, 0.2) is 0 Å². The van der Waals surface area contributed by atoms with Gasteiger partial charge in [-0.05, 0) is 42.5 Å². The number of halogens is 3. The van der Waals surface area contributed by atoms with E-state index in [0.717, 1.165) is 13.2 Å². The van der Waals surface area contributed by atoms with E-state index in [-0.39, 0.29) is 10.6 Å². The number of sulfonamides is 1. The quantitative estimate of drug-likeness (QED) is 0.672. The highest BCUT2D eigenvalue weighted by Crippen LogP contribution is 2.29. The van der Waals surface area contributed by atoms with Crippen LogP contribution in [0.15, 0.2) is 51.8 Å². The van der Waals surface area contributed by atoms with E-state index >= 15 is 0 Å². The Bertz CT molecular complexity index is 858. The molecular weight excluding hydrogens is 425 g/mol.